The molecule has 0 aliphatic heterocycles. The first-order valence-electron chi connectivity index (χ1n) is 13.2. The van der Waals surface area contributed by atoms with Crippen LogP contribution in [0.2, 0.25) is 0 Å². The molecule has 1 nitrogen and oxygen atoms in total. The van der Waals surface area contributed by atoms with E-state index in [1.54, 1.807) is 12.1 Å². The fourth-order valence-corrected chi connectivity index (χ4v) is 6.36. The molecular weight excluding hydrogens is 421 g/mol. The highest BCUT2D eigenvalue weighted by molar-refractivity contribution is 5.86. The molecule has 0 unspecified atom stereocenters. The van der Waals surface area contributed by atoms with E-state index in [0.29, 0.717) is 29.9 Å². The molecule has 2 aliphatic carbocycles. The molecule has 2 aromatic rings. The van der Waals surface area contributed by atoms with Gasteiger partial charge in [0.2, 0.25) is 5.82 Å². The van der Waals surface area contributed by atoms with Crippen LogP contribution < -0.4 is 4.74 Å². The van der Waals surface area contributed by atoms with Gasteiger partial charge in [0, 0.05) is 0 Å². The first-order chi connectivity index (χ1) is 16.0. The maximum absolute atomic E-state index is 14.7. The summed E-state index contributed by atoms with van der Waals surface area (Å²) in [5.41, 5.74) is 0.424. The van der Waals surface area contributed by atoms with Crippen LogP contribution in [0.1, 0.15) is 90.0 Å². The van der Waals surface area contributed by atoms with Gasteiger partial charge in [0.1, 0.15) is 5.82 Å². The molecule has 0 N–H and O–H groups in total. The summed E-state index contributed by atoms with van der Waals surface area (Å²) in [7, 11) is 0. The van der Waals surface area contributed by atoms with Crippen molar-refractivity contribution in [1.82, 2.24) is 0 Å². The zero-order valence-corrected chi connectivity index (χ0v) is 20.3. The van der Waals surface area contributed by atoms with Crippen LogP contribution in [0.4, 0.5) is 13.2 Å². The number of hydrogen-bond donors (Lipinski definition) is 0. The van der Waals surface area contributed by atoms with E-state index in [-0.39, 0.29) is 11.1 Å². The van der Waals surface area contributed by atoms with Gasteiger partial charge in [-0.2, -0.15) is 4.39 Å². The Bertz CT molecular complexity index is 924. The van der Waals surface area contributed by atoms with Crippen molar-refractivity contribution >= 4 is 10.8 Å². The van der Waals surface area contributed by atoms with E-state index < -0.39 is 17.5 Å². The average Bonchev–Trinajstić information content (AvgIpc) is 2.83. The van der Waals surface area contributed by atoms with Crippen LogP contribution in [0, 0.1) is 41.1 Å². The van der Waals surface area contributed by atoms with Gasteiger partial charge in [0.05, 0.1) is 12.0 Å². The van der Waals surface area contributed by atoms with Gasteiger partial charge in [-0.05, 0) is 85.6 Å². The Morgan fingerprint density at radius 1 is 0.758 bits per heavy atom. The van der Waals surface area contributed by atoms with Crippen LogP contribution in [0.25, 0.3) is 10.8 Å². The summed E-state index contributed by atoms with van der Waals surface area (Å²) in [6.07, 6.45) is 14.1. The molecule has 2 aromatic carbocycles. The van der Waals surface area contributed by atoms with E-state index in [2.05, 4.69) is 6.92 Å². The highest BCUT2D eigenvalue weighted by atomic mass is 19.2. The lowest BCUT2D eigenvalue weighted by Crippen LogP contribution is -2.27. The molecule has 0 heterocycles. The van der Waals surface area contributed by atoms with Crippen molar-refractivity contribution in [2.45, 2.75) is 90.9 Å². The summed E-state index contributed by atoms with van der Waals surface area (Å²) in [6, 6.07) is 4.78. The van der Waals surface area contributed by atoms with E-state index in [1.807, 2.05) is 6.92 Å². The summed E-state index contributed by atoms with van der Waals surface area (Å²) in [5, 5.41) is 0.0867. The SMILES string of the molecule is CCCc1ccc2cc(OCC3CCC(C4CCC(CCC)CC4)CC3)c(F)c(F)c2c1F. The standard InChI is InChI=1S/C29H39F3O/c1-3-5-19-7-11-21(12-8-19)22-13-9-20(10-14-22)18-33-25-17-24-16-15-23(6-4-2)27(30)26(24)29(32)28(25)31/h15-17,19-22H,3-14,18H2,1-2H3. The van der Waals surface area contributed by atoms with Gasteiger partial charge in [0.25, 0.3) is 0 Å². The molecule has 4 heteroatoms. The normalized spacial score (nSPS) is 26.0. The number of benzene rings is 2. The smallest absolute Gasteiger partial charge is 0.201 e. The minimum absolute atomic E-state index is 0.0981. The lowest BCUT2D eigenvalue weighted by Gasteiger charge is -2.37. The molecule has 2 fully saturated rings. The summed E-state index contributed by atoms with van der Waals surface area (Å²) < 4.78 is 49.9. The third-order valence-electron chi connectivity index (χ3n) is 8.31. The predicted molar refractivity (Wildman–Crippen MR) is 129 cm³/mol. The predicted octanol–water partition coefficient (Wildman–Crippen LogP) is 9.00. The summed E-state index contributed by atoms with van der Waals surface area (Å²) in [6.45, 7) is 4.62. The van der Waals surface area contributed by atoms with Crippen molar-refractivity contribution in [3.8, 4) is 5.75 Å². The topological polar surface area (TPSA) is 9.23 Å². The third-order valence-corrected chi connectivity index (χ3v) is 8.31. The van der Waals surface area contributed by atoms with Gasteiger partial charge in [0.15, 0.2) is 11.6 Å². The van der Waals surface area contributed by atoms with Crippen molar-refractivity contribution in [2.75, 3.05) is 6.61 Å². The van der Waals surface area contributed by atoms with Crippen LogP contribution in [0.3, 0.4) is 0 Å². The van der Waals surface area contributed by atoms with E-state index in [1.165, 1.54) is 57.4 Å². The van der Waals surface area contributed by atoms with Crippen LogP contribution in [-0.4, -0.2) is 6.61 Å². The monoisotopic (exact) mass is 460 g/mol. The molecule has 0 bridgehead atoms. The number of ether oxygens (including phenoxy) is 1. The van der Waals surface area contributed by atoms with E-state index in [4.69, 9.17) is 4.74 Å². The number of hydrogen-bond acceptors (Lipinski definition) is 1. The van der Waals surface area contributed by atoms with Gasteiger partial charge in [-0.1, -0.05) is 58.1 Å². The summed E-state index contributed by atoms with van der Waals surface area (Å²) in [4.78, 5) is 0. The minimum Gasteiger partial charge on any atom is -0.490 e. The van der Waals surface area contributed by atoms with Crippen molar-refractivity contribution in [3.05, 3.63) is 41.2 Å². The van der Waals surface area contributed by atoms with Crippen molar-refractivity contribution < 1.29 is 17.9 Å². The highest BCUT2D eigenvalue weighted by Crippen LogP contribution is 2.42. The minimum atomic E-state index is -1.14. The Morgan fingerprint density at radius 2 is 1.39 bits per heavy atom. The number of fused-ring (bicyclic) bond motifs is 1. The van der Waals surface area contributed by atoms with Gasteiger partial charge >= 0.3 is 0 Å². The molecule has 0 atom stereocenters. The zero-order chi connectivity index (χ0) is 23.4. The highest BCUT2D eigenvalue weighted by Gasteiger charge is 2.31. The van der Waals surface area contributed by atoms with Crippen molar-refractivity contribution in [1.29, 1.82) is 0 Å². The second-order valence-electron chi connectivity index (χ2n) is 10.6. The fourth-order valence-electron chi connectivity index (χ4n) is 6.36. The molecule has 2 aliphatic rings. The first-order valence-corrected chi connectivity index (χ1v) is 13.2. The molecular formula is C29H39F3O. The Balaban J connectivity index is 1.33. The summed E-state index contributed by atoms with van der Waals surface area (Å²) in [5.74, 6) is 0.0455. The summed E-state index contributed by atoms with van der Waals surface area (Å²) >= 11 is 0. The van der Waals surface area contributed by atoms with Crippen LogP contribution >= 0.6 is 0 Å². The molecule has 0 amide bonds. The number of halogens is 3. The van der Waals surface area contributed by atoms with Crippen LogP contribution in [-0.2, 0) is 6.42 Å². The van der Waals surface area contributed by atoms with E-state index in [0.717, 1.165) is 37.0 Å². The van der Waals surface area contributed by atoms with E-state index >= 15 is 0 Å². The second kappa shape index (κ2) is 11.1. The van der Waals surface area contributed by atoms with Crippen LogP contribution in [0.5, 0.6) is 5.75 Å². The van der Waals surface area contributed by atoms with Gasteiger partial charge in [-0.15, -0.1) is 0 Å². The Labute approximate surface area is 197 Å². The molecule has 4 rings (SSSR count). The van der Waals surface area contributed by atoms with Crippen LogP contribution in [0.15, 0.2) is 18.2 Å². The lowest BCUT2D eigenvalue weighted by molar-refractivity contribution is 0.120. The van der Waals surface area contributed by atoms with Gasteiger partial charge in [-0.3, -0.25) is 0 Å². The van der Waals surface area contributed by atoms with Crippen molar-refractivity contribution in [2.24, 2.45) is 23.7 Å². The largest absolute Gasteiger partial charge is 0.490 e. The lowest BCUT2D eigenvalue weighted by atomic mass is 9.69. The second-order valence-corrected chi connectivity index (χ2v) is 10.6. The van der Waals surface area contributed by atoms with Gasteiger partial charge in [-0.25, -0.2) is 8.78 Å². The Morgan fingerprint density at radius 3 is 2.00 bits per heavy atom. The van der Waals surface area contributed by atoms with Gasteiger partial charge < -0.3 is 4.74 Å². The number of rotatable bonds is 8. The molecule has 2 saturated carbocycles. The maximum atomic E-state index is 14.7. The van der Waals surface area contributed by atoms with E-state index in [9.17, 15) is 13.2 Å². The zero-order valence-electron chi connectivity index (χ0n) is 20.3. The maximum Gasteiger partial charge on any atom is 0.201 e. The average molecular weight is 461 g/mol. The molecule has 182 valence electrons. The molecule has 0 spiro atoms. The molecule has 0 saturated heterocycles. The Hall–Kier alpha value is -1.71. The Kier molecular flexibility index (Phi) is 8.24. The molecule has 33 heavy (non-hydrogen) atoms. The first kappa shape index (κ1) is 24.4. The number of aryl methyl sites for hydroxylation is 1. The fraction of sp³-hybridized carbons (Fsp3) is 0.655. The van der Waals surface area contributed by atoms with Crippen molar-refractivity contribution in [3.63, 3.8) is 0 Å². The quantitative estimate of drug-likeness (QED) is 0.382. The molecule has 0 aromatic heterocycles. The molecule has 0 radical (unpaired) electrons. The third kappa shape index (κ3) is 5.52.